The molecule has 0 atom stereocenters. The predicted molar refractivity (Wildman–Crippen MR) is 100 cm³/mol. The van der Waals surface area contributed by atoms with Gasteiger partial charge in [-0.25, -0.2) is 0 Å². The number of anilines is 1. The van der Waals surface area contributed by atoms with E-state index in [9.17, 15) is 0 Å². The van der Waals surface area contributed by atoms with Gasteiger partial charge in [0.2, 0.25) is 0 Å². The third-order valence-corrected chi connectivity index (χ3v) is 3.49. The number of ether oxygens (including phenoxy) is 1. The molecule has 0 saturated carbocycles. The first-order valence-corrected chi connectivity index (χ1v) is 7.98. The van der Waals surface area contributed by atoms with Crippen LogP contribution in [0.4, 0.5) is 5.69 Å². The Balaban J connectivity index is 1.51. The molecule has 0 fully saturated rings. The van der Waals surface area contributed by atoms with Gasteiger partial charge in [0.15, 0.2) is 5.11 Å². The van der Waals surface area contributed by atoms with Crippen LogP contribution in [0.5, 0.6) is 11.5 Å². The summed E-state index contributed by atoms with van der Waals surface area (Å²) in [4.78, 5) is 4.24. The Hall–Kier alpha value is -2.92. The minimum atomic E-state index is 0.553. The van der Waals surface area contributed by atoms with Crippen molar-refractivity contribution in [2.24, 2.45) is 0 Å². The second-order valence-electron chi connectivity index (χ2n) is 5.07. The van der Waals surface area contributed by atoms with Crippen LogP contribution >= 0.6 is 12.2 Å². The van der Waals surface area contributed by atoms with Crippen molar-refractivity contribution in [3.05, 3.63) is 84.7 Å². The number of para-hydroxylation sites is 1. The molecule has 3 aromatic rings. The summed E-state index contributed by atoms with van der Waals surface area (Å²) in [6.07, 6.45) is 1.76. The van der Waals surface area contributed by atoms with E-state index in [1.807, 2.05) is 72.8 Å². The fourth-order valence-electron chi connectivity index (χ4n) is 2.08. The van der Waals surface area contributed by atoms with Gasteiger partial charge in [0.05, 0.1) is 12.2 Å². The third-order valence-electron chi connectivity index (χ3n) is 3.25. The van der Waals surface area contributed by atoms with Crippen LogP contribution in [-0.2, 0) is 6.54 Å². The van der Waals surface area contributed by atoms with Crippen LogP contribution in [0.15, 0.2) is 79.0 Å². The van der Waals surface area contributed by atoms with Gasteiger partial charge in [-0.1, -0.05) is 24.3 Å². The van der Waals surface area contributed by atoms with Crippen LogP contribution in [0.2, 0.25) is 0 Å². The van der Waals surface area contributed by atoms with Crippen LogP contribution in [-0.4, -0.2) is 10.1 Å². The van der Waals surface area contributed by atoms with Crippen molar-refractivity contribution < 1.29 is 4.74 Å². The van der Waals surface area contributed by atoms with E-state index in [4.69, 9.17) is 17.0 Å². The van der Waals surface area contributed by atoms with E-state index in [2.05, 4.69) is 15.6 Å². The van der Waals surface area contributed by atoms with Gasteiger partial charge in [-0.3, -0.25) is 4.98 Å². The number of aromatic nitrogens is 1. The first-order valence-electron chi connectivity index (χ1n) is 7.57. The van der Waals surface area contributed by atoms with Crippen LogP contribution < -0.4 is 15.4 Å². The monoisotopic (exact) mass is 335 g/mol. The molecular weight excluding hydrogens is 318 g/mol. The molecule has 0 aliphatic carbocycles. The first-order chi connectivity index (χ1) is 11.8. The number of hydrogen-bond acceptors (Lipinski definition) is 3. The second kappa shape index (κ2) is 8.08. The lowest BCUT2D eigenvalue weighted by molar-refractivity contribution is 0.483. The van der Waals surface area contributed by atoms with Gasteiger partial charge in [0.25, 0.3) is 0 Å². The topological polar surface area (TPSA) is 46.2 Å². The molecule has 2 N–H and O–H groups in total. The maximum absolute atomic E-state index is 5.76. The van der Waals surface area contributed by atoms with Crippen molar-refractivity contribution in [2.75, 3.05) is 5.32 Å². The summed E-state index contributed by atoms with van der Waals surface area (Å²) in [5, 5.41) is 6.82. The van der Waals surface area contributed by atoms with Gasteiger partial charge < -0.3 is 15.4 Å². The number of thiocarbonyl (C=S) groups is 1. The van der Waals surface area contributed by atoms with E-state index in [0.29, 0.717) is 11.7 Å². The number of nitrogens with zero attached hydrogens (tertiary/aromatic N) is 1. The highest BCUT2D eigenvalue weighted by Crippen LogP contribution is 2.22. The highest BCUT2D eigenvalue weighted by Gasteiger charge is 2.00. The molecule has 120 valence electrons. The number of hydrogen-bond donors (Lipinski definition) is 2. The van der Waals surface area contributed by atoms with Gasteiger partial charge >= 0.3 is 0 Å². The fourth-order valence-corrected chi connectivity index (χ4v) is 2.27. The average Bonchev–Trinajstić information content (AvgIpc) is 2.63. The van der Waals surface area contributed by atoms with Crippen LogP contribution in [0.1, 0.15) is 5.69 Å². The van der Waals surface area contributed by atoms with Gasteiger partial charge in [-0.05, 0) is 60.7 Å². The van der Waals surface area contributed by atoms with Crippen molar-refractivity contribution in [1.29, 1.82) is 0 Å². The molecule has 0 amide bonds. The van der Waals surface area contributed by atoms with E-state index in [0.717, 1.165) is 22.9 Å². The minimum absolute atomic E-state index is 0.553. The van der Waals surface area contributed by atoms with E-state index in [-0.39, 0.29) is 0 Å². The molecule has 24 heavy (non-hydrogen) atoms. The summed E-state index contributed by atoms with van der Waals surface area (Å²) in [6, 6.07) is 23.1. The van der Waals surface area contributed by atoms with E-state index in [1.54, 1.807) is 6.20 Å². The van der Waals surface area contributed by atoms with Crippen LogP contribution in [0.3, 0.4) is 0 Å². The molecule has 3 rings (SSSR count). The molecule has 0 aliphatic rings. The largest absolute Gasteiger partial charge is 0.457 e. The second-order valence-corrected chi connectivity index (χ2v) is 5.48. The zero-order valence-corrected chi connectivity index (χ0v) is 13.8. The zero-order chi connectivity index (χ0) is 16.6. The van der Waals surface area contributed by atoms with Crippen LogP contribution in [0.25, 0.3) is 0 Å². The van der Waals surface area contributed by atoms with Crippen molar-refractivity contribution in [1.82, 2.24) is 10.3 Å². The lowest BCUT2D eigenvalue weighted by Crippen LogP contribution is -2.28. The quantitative estimate of drug-likeness (QED) is 0.678. The molecule has 0 spiro atoms. The first kappa shape index (κ1) is 16.0. The Labute approximate surface area is 146 Å². The Morgan fingerprint density at radius 2 is 1.58 bits per heavy atom. The van der Waals surface area contributed by atoms with Gasteiger partial charge in [0, 0.05) is 11.9 Å². The summed E-state index contributed by atoms with van der Waals surface area (Å²) >= 11 is 5.29. The Morgan fingerprint density at radius 3 is 2.29 bits per heavy atom. The Morgan fingerprint density at radius 1 is 0.875 bits per heavy atom. The SMILES string of the molecule is S=C(NCc1ccccn1)Nc1ccc(Oc2ccccc2)cc1. The van der Waals surface area contributed by atoms with Crippen molar-refractivity contribution in [2.45, 2.75) is 6.54 Å². The Kier molecular flexibility index (Phi) is 5.37. The molecular formula is C19H17N3OS. The third kappa shape index (κ3) is 4.79. The van der Waals surface area contributed by atoms with Gasteiger partial charge in [-0.2, -0.15) is 0 Å². The lowest BCUT2D eigenvalue weighted by Gasteiger charge is -2.11. The number of pyridine rings is 1. The average molecular weight is 335 g/mol. The number of benzene rings is 2. The molecule has 1 heterocycles. The summed E-state index contributed by atoms with van der Waals surface area (Å²) in [6.45, 7) is 0.585. The molecule has 5 heteroatoms. The molecule has 0 aliphatic heterocycles. The standard InChI is InChI=1S/C19H17N3OS/c24-19(21-14-16-6-4-5-13-20-16)22-15-9-11-18(12-10-15)23-17-7-2-1-3-8-17/h1-13H,14H2,(H2,21,22,24). The Bertz CT molecular complexity index is 777. The maximum Gasteiger partial charge on any atom is 0.171 e. The molecule has 0 radical (unpaired) electrons. The fraction of sp³-hybridized carbons (Fsp3) is 0.0526. The highest BCUT2D eigenvalue weighted by molar-refractivity contribution is 7.80. The lowest BCUT2D eigenvalue weighted by atomic mass is 10.3. The van der Waals surface area contributed by atoms with Crippen molar-refractivity contribution in [3.8, 4) is 11.5 Å². The summed E-state index contributed by atoms with van der Waals surface area (Å²) in [5.41, 5.74) is 1.84. The maximum atomic E-state index is 5.76. The van der Waals surface area contributed by atoms with Gasteiger partial charge in [0.1, 0.15) is 11.5 Å². The molecule has 4 nitrogen and oxygen atoms in total. The smallest absolute Gasteiger partial charge is 0.171 e. The normalized spacial score (nSPS) is 10.0. The van der Waals surface area contributed by atoms with Gasteiger partial charge in [-0.15, -0.1) is 0 Å². The molecule has 1 aromatic heterocycles. The molecule has 0 unspecified atom stereocenters. The highest BCUT2D eigenvalue weighted by atomic mass is 32.1. The van der Waals surface area contributed by atoms with Crippen LogP contribution in [0, 0.1) is 0 Å². The summed E-state index contributed by atoms with van der Waals surface area (Å²) in [5.74, 6) is 1.59. The zero-order valence-electron chi connectivity index (χ0n) is 13.0. The number of nitrogens with one attached hydrogen (secondary N) is 2. The predicted octanol–water partition coefficient (Wildman–Crippen LogP) is 4.36. The van der Waals surface area contributed by atoms with Crippen molar-refractivity contribution in [3.63, 3.8) is 0 Å². The molecule has 0 bridgehead atoms. The molecule has 2 aromatic carbocycles. The number of rotatable bonds is 5. The minimum Gasteiger partial charge on any atom is -0.457 e. The summed E-state index contributed by atoms with van der Waals surface area (Å²) < 4.78 is 5.76. The summed E-state index contributed by atoms with van der Waals surface area (Å²) in [7, 11) is 0. The van der Waals surface area contributed by atoms with E-state index < -0.39 is 0 Å². The molecule has 0 saturated heterocycles. The van der Waals surface area contributed by atoms with E-state index >= 15 is 0 Å². The van der Waals surface area contributed by atoms with E-state index in [1.165, 1.54) is 0 Å². The van der Waals surface area contributed by atoms with Crippen molar-refractivity contribution >= 4 is 23.0 Å².